The third-order valence-electron chi connectivity index (χ3n) is 3.64. The molecule has 0 amide bonds. The molecule has 19 heavy (non-hydrogen) atoms. The van der Waals surface area contributed by atoms with E-state index in [1.54, 1.807) is 13.0 Å². The molecule has 1 heterocycles. The molecule has 0 saturated carbocycles. The second-order valence-corrected chi connectivity index (χ2v) is 4.92. The van der Waals surface area contributed by atoms with Crippen LogP contribution in [0.5, 0.6) is 0 Å². The molecule has 0 aromatic heterocycles. The molecule has 1 aromatic carbocycles. The minimum atomic E-state index is -0.464. The highest BCUT2D eigenvalue weighted by Gasteiger charge is 2.27. The largest absolute Gasteiger partial charge is 0.314 e. The zero-order chi connectivity index (χ0) is 13.8. The van der Waals surface area contributed by atoms with E-state index in [9.17, 15) is 8.78 Å². The number of rotatable bonds is 4. The SMILES string of the molecule is C=CC[C@@H](c1c(F)ccc(C)c1F)N1CCNCC1. The van der Waals surface area contributed by atoms with Crippen molar-refractivity contribution in [1.29, 1.82) is 0 Å². The summed E-state index contributed by atoms with van der Waals surface area (Å²) >= 11 is 0. The fourth-order valence-electron chi connectivity index (χ4n) is 2.58. The maximum atomic E-state index is 14.3. The average Bonchev–Trinajstić information content (AvgIpc) is 2.43. The van der Waals surface area contributed by atoms with Crippen molar-refractivity contribution in [1.82, 2.24) is 10.2 Å². The van der Waals surface area contributed by atoms with Crippen molar-refractivity contribution in [3.63, 3.8) is 0 Å². The molecule has 1 aliphatic rings. The first-order chi connectivity index (χ1) is 9.15. The molecular formula is C15H20F2N2. The summed E-state index contributed by atoms with van der Waals surface area (Å²) in [5.74, 6) is -0.890. The monoisotopic (exact) mass is 266 g/mol. The minimum absolute atomic E-state index is 0.182. The van der Waals surface area contributed by atoms with Crippen molar-refractivity contribution in [2.24, 2.45) is 0 Å². The van der Waals surface area contributed by atoms with Crippen LogP contribution in [0, 0.1) is 18.6 Å². The van der Waals surface area contributed by atoms with E-state index in [4.69, 9.17) is 0 Å². The molecule has 1 atom stereocenters. The van der Waals surface area contributed by atoms with Gasteiger partial charge in [-0.2, -0.15) is 0 Å². The van der Waals surface area contributed by atoms with Crippen LogP contribution in [0.1, 0.15) is 23.6 Å². The van der Waals surface area contributed by atoms with Gasteiger partial charge in [-0.05, 0) is 25.0 Å². The molecule has 1 aliphatic heterocycles. The summed E-state index contributed by atoms with van der Waals surface area (Å²) in [7, 11) is 0. The Kier molecular flexibility index (Phi) is 4.66. The van der Waals surface area contributed by atoms with Crippen molar-refractivity contribution in [3.05, 3.63) is 47.5 Å². The van der Waals surface area contributed by atoms with E-state index in [1.165, 1.54) is 12.1 Å². The van der Waals surface area contributed by atoms with Crippen LogP contribution in [-0.2, 0) is 0 Å². The van der Waals surface area contributed by atoms with Gasteiger partial charge in [0.15, 0.2) is 0 Å². The van der Waals surface area contributed by atoms with Gasteiger partial charge >= 0.3 is 0 Å². The van der Waals surface area contributed by atoms with Crippen molar-refractivity contribution < 1.29 is 8.78 Å². The van der Waals surface area contributed by atoms with Crippen LogP contribution in [0.15, 0.2) is 24.8 Å². The average molecular weight is 266 g/mol. The zero-order valence-corrected chi connectivity index (χ0v) is 11.3. The number of aryl methyl sites for hydroxylation is 1. The first-order valence-electron chi connectivity index (χ1n) is 6.65. The van der Waals surface area contributed by atoms with Crippen molar-refractivity contribution >= 4 is 0 Å². The molecule has 0 radical (unpaired) electrons. The van der Waals surface area contributed by atoms with E-state index in [1.807, 2.05) is 0 Å². The fourth-order valence-corrected chi connectivity index (χ4v) is 2.58. The molecule has 4 heteroatoms. The van der Waals surface area contributed by atoms with Crippen LogP contribution in [0.2, 0.25) is 0 Å². The van der Waals surface area contributed by atoms with E-state index in [0.29, 0.717) is 12.0 Å². The Morgan fingerprint density at radius 2 is 2.05 bits per heavy atom. The predicted octanol–water partition coefficient (Wildman–Crippen LogP) is 2.80. The first-order valence-corrected chi connectivity index (χ1v) is 6.65. The third kappa shape index (κ3) is 3.01. The molecular weight excluding hydrogens is 246 g/mol. The highest BCUT2D eigenvalue weighted by atomic mass is 19.1. The van der Waals surface area contributed by atoms with Crippen LogP contribution in [-0.4, -0.2) is 31.1 Å². The van der Waals surface area contributed by atoms with Crippen LogP contribution in [0.4, 0.5) is 8.78 Å². The normalized spacial score (nSPS) is 18.3. The smallest absolute Gasteiger partial charge is 0.133 e. The Hall–Kier alpha value is -1.26. The summed E-state index contributed by atoms with van der Waals surface area (Å²) in [6.45, 7) is 8.68. The first kappa shape index (κ1) is 14.2. The fraction of sp³-hybridized carbons (Fsp3) is 0.467. The molecule has 2 rings (SSSR count). The van der Waals surface area contributed by atoms with E-state index in [0.717, 1.165) is 26.2 Å². The molecule has 1 fully saturated rings. The summed E-state index contributed by atoms with van der Waals surface area (Å²) < 4.78 is 28.3. The molecule has 1 saturated heterocycles. The zero-order valence-electron chi connectivity index (χ0n) is 11.3. The van der Waals surface area contributed by atoms with Gasteiger partial charge in [-0.15, -0.1) is 6.58 Å². The summed E-state index contributed by atoms with van der Waals surface area (Å²) in [5.41, 5.74) is 0.669. The third-order valence-corrected chi connectivity index (χ3v) is 3.64. The van der Waals surface area contributed by atoms with E-state index < -0.39 is 11.6 Å². The summed E-state index contributed by atoms with van der Waals surface area (Å²) in [5, 5.41) is 3.25. The van der Waals surface area contributed by atoms with E-state index in [2.05, 4.69) is 16.8 Å². The van der Waals surface area contributed by atoms with Gasteiger partial charge in [-0.3, -0.25) is 4.90 Å². The van der Waals surface area contributed by atoms with Gasteiger partial charge in [0.25, 0.3) is 0 Å². The van der Waals surface area contributed by atoms with Gasteiger partial charge < -0.3 is 5.32 Å². The molecule has 0 aliphatic carbocycles. The number of benzene rings is 1. The molecule has 104 valence electrons. The van der Waals surface area contributed by atoms with Gasteiger partial charge in [0, 0.05) is 37.8 Å². The number of piperazine rings is 1. The van der Waals surface area contributed by atoms with Crippen LogP contribution in [0.25, 0.3) is 0 Å². The quantitative estimate of drug-likeness (QED) is 0.843. The van der Waals surface area contributed by atoms with Crippen LogP contribution in [0.3, 0.4) is 0 Å². The highest BCUT2D eigenvalue weighted by Crippen LogP contribution is 2.30. The second-order valence-electron chi connectivity index (χ2n) is 4.92. The maximum Gasteiger partial charge on any atom is 0.133 e. The van der Waals surface area contributed by atoms with Gasteiger partial charge in [0.2, 0.25) is 0 Å². The number of hydrogen-bond acceptors (Lipinski definition) is 2. The Morgan fingerprint density at radius 1 is 1.37 bits per heavy atom. The summed E-state index contributed by atoms with van der Waals surface area (Å²) in [6.07, 6.45) is 2.28. The van der Waals surface area contributed by atoms with E-state index in [-0.39, 0.29) is 11.6 Å². The Bertz CT molecular complexity index is 454. The van der Waals surface area contributed by atoms with Gasteiger partial charge in [0.05, 0.1) is 0 Å². The molecule has 1 aromatic rings. The van der Waals surface area contributed by atoms with Crippen LogP contribution >= 0.6 is 0 Å². The number of nitrogens with one attached hydrogen (secondary N) is 1. The summed E-state index contributed by atoms with van der Waals surface area (Å²) in [4.78, 5) is 2.12. The lowest BCUT2D eigenvalue weighted by Gasteiger charge is -2.35. The lowest BCUT2D eigenvalue weighted by atomic mass is 9.98. The highest BCUT2D eigenvalue weighted by molar-refractivity contribution is 5.30. The molecule has 0 unspecified atom stereocenters. The second kappa shape index (κ2) is 6.26. The molecule has 1 N–H and O–H groups in total. The lowest BCUT2D eigenvalue weighted by molar-refractivity contribution is 0.167. The van der Waals surface area contributed by atoms with E-state index >= 15 is 0 Å². The predicted molar refractivity (Wildman–Crippen MR) is 73.1 cm³/mol. The van der Waals surface area contributed by atoms with Crippen molar-refractivity contribution in [2.45, 2.75) is 19.4 Å². The number of hydrogen-bond donors (Lipinski definition) is 1. The van der Waals surface area contributed by atoms with Crippen molar-refractivity contribution in [3.8, 4) is 0 Å². The topological polar surface area (TPSA) is 15.3 Å². The number of nitrogens with zero attached hydrogens (tertiary/aromatic N) is 1. The Labute approximate surface area is 113 Å². The van der Waals surface area contributed by atoms with Gasteiger partial charge in [0.1, 0.15) is 11.6 Å². The van der Waals surface area contributed by atoms with Gasteiger partial charge in [-0.25, -0.2) is 8.78 Å². The molecule has 0 bridgehead atoms. The summed E-state index contributed by atoms with van der Waals surface area (Å²) in [6, 6.07) is 2.57. The maximum absolute atomic E-state index is 14.3. The Balaban J connectivity index is 2.37. The lowest BCUT2D eigenvalue weighted by Crippen LogP contribution is -2.45. The molecule has 2 nitrogen and oxygen atoms in total. The Morgan fingerprint density at radius 3 is 2.68 bits per heavy atom. The minimum Gasteiger partial charge on any atom is -0.314 e. The number of halogens is 2. The van der Waals surface area contributed by atoms with Crippen LogP contribution < -0.4 is 5.32 Å². The van der Waals surface area contributed by atoms with Gasteiger partial charge in [-0.1, -0.05) is 12.1 Å². The molecule has 0 spiro atoms. The standard InChI is InChI=1S/C15H20F2N2/c1-3-4-13(19-9-7-18-8-10-19)14-12(16)6-5-11(2)15(14)17/h3,5-6,13,18H,1,4,7-10H2,2H3/t13-/m0/s1. The van der Waals surface area contributed by atoms with Crippen molar-refractivity contribution in [2.75, 3.05) is 26.2 Å².